The first-order valence-electron chi connectivity index (χ1n) is 5.66. The molecular formula is C11H22N2. The van der Waals surface area contributed by atoms with Crippen LogP contribution < -0.4 is 5.32 Å². The van der Waals surface area contributed by atoms with Crippen molar-refractivity contribution >= 4 is 0 Å². The Hall–Kier alpha value is -0.0800. The van der Waals surface area contributed by atoms with Gasteiger partial charge in [0.05, 0.1) is 0 Å². The van der Waals surface area contributed by atoms with Crippen molar-refractivity contribution in [3.63, 3.8) is 0 Å². The lowest BCUT2D eigenvalue weighted by atomic mass is 10.0. The summed E-state index contributed by atoms with van der Waals surface area (Å²) in [5.74, 6) is 1.75. The van der Waals surface area contributed by atoms with Gasteiger partial charge < -0.3 is 5.32 Å². The van der Waals surface area contributed by atoms with E-state index in [0.717, 1.165) is 23.9 Å². The van der Waals surface area contributed by atoms with E-state index in [9.17, 15) is 0 Å². The van der Waals surface area contributed by atoms with Gasteiger partial charge in [-0.3, -0.25) is 4.90 Å². The van der Waals surface area contributed by atoms with Crippen LogP contribution in [-0.4, -0.2) is 36.6 Å². The Bertz CT molecular complexity index is 179. The molecule has 3 atom stereocenters. The van der Waals surface area contributed by atoms with Gasteiger partial charge >= 0.3 is 0 Å². The Labute approximate surface area is 81.7 Å². The molecule has 2 rings (SSSR count). The van der Waals surface area contributed by atoms with E-state index in [0.29, 0.717) is 0 Å². The Morgan fingerprint density at radius 1 is 1.38 bits per heavy atom. The molecule has 1 N–H and O–H groups in total. The van der Waals surface area contributed by atoms with E-state index in [-0.39, 0.29) is 0 Å². The van der Waals surface area contributed by atoms with Crippen LogP contribution in [-0.2, 0) is 0 Å². The highest BCUT2D eigenvalue weighted by atomic mass is 15.3. The van der Waals surface area contributed by atoms with E-state index < -0.39 is 0 Å². The molecule has 1 aliphatic carbocycles. The van der Waals surface area contributed by atoms with Crippen LogP contribution in [0.5, 0.6) is 0 Å². The summed E-state index contributed by atoms with van der Waals surface area (Å²) in [5.41, 5.74) is 0. The van der Waals surface area contributed by atoms with Gasteiger partial charge in [0.25, 0.3) is 0 Å². The van der Waals surface area contributed by atoms with Crippen molar-refractivity contribution in [2.75, 3.05) is 19.6 Å². The molecular weight excluding hydrogens is 160 g/mol. The maximum Gasteiger partial charge on any atom is 0.0247 e. The van der Waals surface area contributed by atoms with E-state index in [1.54, 1.807) is 0 Å². The van der Waals surface area contributed by atoms with E-state index in [1.165, 1.54) is 26.1 Å². The summed E-state index contributed by atoms with van der Waals surface area (Å²) in [4.78, 5) is 2.74. The zero-order valence-corrected chi connectivity index (χ0v) is 9.09. The molecule has 0 radical (unpaired) electrons. The largest absolute Gasteiger partial charge is 0.314 e. The quantitative estimate of drug-likeness (QED) is 0.693. The van der Waals surface area contributed by atoms with Crippen molar-refractivity contribution in [2.45, 2.75) is 39.3 Å². The van der Waals surface area contributed by atoms with Crippen LogP contribution in [0.1, 0.15) is 27.2 Å². The van der Waals surface area contributed by atoms with Crippen LogP contribution in [0.3, 0.4) is 0 Å². The molecule has 1 saturated heterocycles. The van der Waals surface area contributed by atoms with Gasteiger partial charge in [-0.15, -0.1) is 0 Å². The van der Waals surface area contributed by atoms with E-state index in [2.05, 4.69) is 31.0 Å². The van der Waals surface area contributed by atoms with Gasteiger partial charge in [-0.25, -0.2) is 0 Å². The molecule has 2 heteroatoms. The second-order valence-corrected chi connectivity index (χ2v) is 5.03. The van der Waals surface area contributed by atoms with Crippen LogP contribution >= 0.6 is 0 Å². The number of hydrogen-bond donors (Lipinski definition) is 1. The summed E-state index contributed by atoms with van der Waals surface area (Å²) in [5, 5.41) is 3.50. The van der Waals surface area contributed by atoms with E-state index in [4.69, 9.17) is 0 Å². The second-order valence-electron chi connectivity index (χ2n) is 5.03. The predicted molar refractivity (Wildman–Crippen MR) is 55.8 cm³/mol. The van der Waals surface area contributed by atoms with E-state index in [1.807, 2.05) is 0 Å². The standard InChI is InChI=1S/C11H22N2/c1-8(2)11-7-12-4-5-13(11)10-6-9(10)3/h8-12H,4-7H2,1-3H3. The fraction of sp³-hybridized carbons (Fsp3) is 1.00. The molecule has 0 aromatic rings. The van der Waals surface area contributed by atoms with Gasteiger partial charge in [-0.2, -0.15) is 0 Å². The third-order valence-electron chi connectivity index (χ3n) is 3.59. The third-order valence-corrected chi connectivity index (χ3v) is 3.59. The average molecular weight is 182 g/mol. The van der Waals surface area contributed by atoms with Crippen molar-refractivity contribution in [1.82, 2.24) is 10.2 Å². The monoisotopic (exact) mass is 182 g/mol. The summed E-state index contributed by atoms with van der Waals surface area (Å²) < 4.78 is 0. The fourth-order valence-electron chi connectivity index (χ4n) is 2.54. The fourth-order valence-corrected chi connectivity index (χ4v) is 2.54. The van der Waals surface area contributed by atoms with Crippen molar-refractivity contribution in [3.05, 3.63) is 0 Å². The zero-order valence-electron chi connectivity index (χ0n) is 9.09. The Morgan fingerprint density at radius 2 is 2.08 bits per heavy atom. The maximum absolute atomic E-state index is 3.50. The number of nitrogens with one attached hydrogen (secondary N) is 1. The molecule has 1 aliphatic heterocycles. The van der Waals surface area contributed by atoms with Gasteiger partial charge in [0.1, 0.15) is 0 Å². The summed E-state index contributed by atoms with van der Waals surface area (Å²) in [6.07, 6.45) is 1.43. The molecule has 0 amide bonds. The lowest BCUT2D eigenvalue weighted by Crippen LogP contribution is -2.54. The topological polar surface area (TPSA) is 15.3 Å². The molecule has 1 heterocycles. The summed E-state index contributed by atoms with van der Waals surface area (Å²) >= 11 is 0. The number of nitrogens with zero attached hydrogens (tertiary/aromatic N) is 1. The Balaban J connectivity index is 1.96. The molecule has 76 valence electrons. The van der Waals surface area contributed by atoms with Crippen LogP contribution in [0.2, 0.25) is 0 Å². The normalized spacial score (nSPS) is 41.1. The smallest absolute Gasteiger partial charge is 0.0247 e. The molecule has 0 aromatic carbocycles. The minimum Gasteiger partial charge on any atom is -0.314 e. The molecule has 0 spiro atoms. The minimum absolute atomic E-state index is 0.781. The summed E-state index contributed by atoms with van der Waals surface area (Å²) in [6, 6.07) is 1.69. The lowest BCUT2D eigenvalue weighted by Gasteiger charge is -2.39. The first-order valence-corrected chi connectivity index (χ1v) is 5.66. The molecule has 0 bridgehead atoms. The van der Waals surface area contributed by atoms with Crippen LogP contribution in [0.4, 0.5) is 0 Å². The average Bonchev–Trinajstić information content (AvgIpc) is 2.82. The van der Waals surface area contributed by atoms with Crippen molar-refractivity contribution < 1.29 is 0 Å². The third kappa shape index (κ3) is 1.89. The van der Waals surface area contributed by atoms with Gasteiger partial charge in [-0.05, 0) is 18.3 Å². The molecule has 2 fully saturated rings. The lowest BCUT2D eigenvalue weighted by molar-refractivity contribution is 0.111. The molecule has 3 unspecified atom stereocenters. The zero-order chi connectivity index (χ0) is 9.42. The molecule has 13 heavy (non-hydrogen) atoms. The van der Waals surface area contributed by atoms with Crippen molar-refractivity contribution in [3.8, 4) is 0 Å². The van der Waals surface area contributed by atoms with Crippen LogP contribution in [0.25, 0.3) is 0 Å². The number of piperazine rings is 1. The first kappa shape index (κ1) is 9.47. The van der Waals surface area contributed by atoms with Gasteiger partial charge in [0.15, 0.2) is 0 Å². The van der Waals surface area contributed by atoms with Crippen molar-refractivity contribution in [2.24, 2.45) is 11.8 Å². The Kier molecular flexibility index (Phi) is 2.61. The molecule has 2 nitrogen and oxygen atoms in total. The highest BCUT2D eigenvalue weighted by molar-refractivity contribution is 4.97. The highest BCUT2D eigenvalue weighted by Gasteiger charge is 2.42. The second kappa shape index (κ2) is 3.58. The Morgan fingerprint density at radius 3 is 2.62 bits per heavy atom. The van der Waals surface area contributed by atoms with Gasteiger partial charge in [-0.1, -0.05) is 20.8 Å². The molecule has 1 saturated carbocycles. The summed E-state index contributed by atoms with van der Waals surface area (Å²) in [7, 11) is 0. The van der Waals surface area contributed by atoms with E-state index >= 15 is 0 Å². The summed E-state index contributed by atoms with van der Waals surface area (Å²) in [6.45, 7) is 10.7. The number of rotatable bonds is 2. The minimum atomic E-state index is 0.781. The predicted octanol–water partition coefficient (Wildman–Crippen LogP) is 1.32. The van der Waals surface area contributed by atoms with Gasteiger partial charge in [0.2, 0.25) is 0 Å². The SMILES string of the molecule is CC(C)C1CNCCN1C1CC1C. The molecule has 0 aromatic heterocycles. The van der Waals surface area contributed by atoms with Crippen molar-refractivity contribution in [1.29, 1.82) is 0 Å². The molecule has 2 aliphatic rings. The van der Waals surface area contributed by atoms with Crippen LogP contribution in [0, 0.1) is 11.8 Å². The van der Waals surface area contributed by atoms with Gasteiger partial charge in [0, 0.05) is 31.7 Å². The maximum atomic E-state index is 3.50. The number of hydrogen-bond acceptors (Lipinski definition) is 2. The van der Waals surface area contributed by atoms with Crippen LogP contribution in [0.15, 0.2) is 0 Å². The highest BCUT2D eigenvalue weighted by Crippen LogP contribution is 2.37. The first-order chi connectivity index (χ1) is 6.20.